The fraction of sp³-hybridized carbons (Fsp3) is 0.533. The number of anilines is 1. The molecule has 0 bridgehead atoms. The summed E-state index contributed by atoms with van der Waals surface area (Å²) < 4.78 is 0. The zero-order valence-corrected chi connectivity index (χ0v) is 12.5. The van der Waals surface area contributed by atoms with Crippen LogP contribution >= 0.6 is 11.6 Å². The third kappa shape index (κ3) is 4.58. The summed E-state index contributed by atoms with van der Waals surface area (Å²) in [4.78, 5) is 0. The van der Waals surface area contributed by atoms with Crippen LogP contribution in [0.2, 0.25) is 5.02 Å². The number of benzene rings is 1. The molecule has 0 unspecified atom stereocenters. The number of nitrogens with one attached hydrogen (secondary N) is 1. The molecule has 1 aromatic rings. The third-order valence-electron chi connectivity index (χ3n) is 2.54. The molecule has 0 saturated heterocycles. The van der Waals surface area contributed by atoms with E-state index in [9.17, 15) is 0 Å². The lowest BCUT2D eigenvalue weighted by Gasteiger charge is -2.34. The molecule has 0 amide bonds. The van der Waals surface area contributed by atoms with Crippen LogP contribution in [0.1, 0.15) is 46.6 Å². The zero-order valence-electron chi connectivity index (χ0n) is 11.8. The third-order valence-corrected chi connectivity index (χ3v) is 2.86. The lowest BCUT2D eigenvalue weighted by molar-refractivity contribution is 0.302. The van der Waals surface area contributed by atoms with Crippen LogP contribution in [0.3, 0.4) is 0 Å². The second kappa shape index (κ2) is 5.20. The molecule has 1 rings (SSSR count). The van der Waals surface area contributed by atoms with Crippen LogP contribution in [0.15, 0.2) is 18.2 Å². The molecule has 98 valence electrons. The molecule has 0 aliphatic rings. The van der Waals surface area contributed by atoms with Gasteiger partial charge in [0.1, 0.15) is 0 Å². The Morgan fingerprint density at radius 3 is 2.28 bits per heavy atom. The molecule has 0 aliphatic carbocycles. The van der Waals surface area contributed by atoms with E-state index < -0.39 is 0 Å². The maximum atomic E-state index is 8.81. The standard InChI is InChI=1S/C15H21ClN2/c1-14(2,3)10-15(4,5)18-13-7-6-11(9-17)8-12(13)16/h6-8,18H,10H2,1-5H3. The van der Waals surface area contributed by atoms with Gasteiger partial charge in [0.15, 0.2) is 0 Å². The number of nitriles is 1. The predicted octanol–water partition coefficient (Wildman–Crippen LogP) is 4.84. The Hall–Kier alpha value is -1.20. The van der Waals surface area contributed by atoms with Crippen LogP contribution in [0.5, 0.6) is 0 Å². The summed E-state index contributed by atoms with van der Waals surface area (Å²) in [6, 6.07) is 7.42. The van der Waals surface area contributed by atoms with Crippen molar-refractivity contribution < 1.29 is 0 Å². The molecule has 0 atom stereocenters. The summed E-state index contributed by atoms with van der Waals surface area (Å²) in [5, 5.41) is 12.9. The Labute approximate surface area is 115 Å². The van der Waals surface area contributed by atoms with Crippen LogP contribution in [0.25, 0.3) is 0 Å². The maximum Gasteiger partial charge on any atom is 0.0992 e. The average Bonchev–Trinajstić information content (AvgIpc) is 2.17. The summed E-state index contributed by atoms with van der Waals surface area (Å²) in [7, 11) is 0. The van der Waals surface area contributed by atoms with Gasteiger partial charge in [-0.15, -0.1) is 0 Å². The Kier molecular flexibility index (Phi) is 4.29. The molecule has 2 nitrogen and oxygen atoms in total. The Morgan fingerprint density at radius 2 is 1.83 bits per heavy atom. The van der Waals surface area contributed by atoms with Crippen LogP contribution in [0, 0.1) is 16.7 Å². The molecular weight excluding hydrogens is 244 g/mol. The van der Waals surface area contributed by atoms with Crippen molar-refractivity contribution in [2.45, 2.75) is 46.6 Å². The van der Waals surface area contributed by atoms with E-state index in [1.807, 2.05) is 6.07 Å². The lowest BCUT2D eigenvalue weighted by atomic mass is 9.81. The largest absolute Gasteiger partial charge is 0.379 e. The lowest BCUT2D eigenvalue weighted by Crippen LogP contribution is -2.35. The van der Waals surface area contributed by atoms with Crippen molar-refractivity contribution in [1.82, 2.24) is 0 Å². The minimum absolute atomic E-state index is 0.0456. The Morgan fingerprint density at radius 1 is 1.22 bits per heavy atom. The normalized spacial score (nSPS) is 12.1. The van der Waals surface area contributed by atoms with Gasteiger partial charge >= 0.3 is 0 Å². The smallest absolute Gasteiger partial charge is 0.0992 e. The van der Waals surface area contributed by atoms with E-state index in [-0.39, 0.29) is 11.0 Å². The first-order valence-electron chi connectivity index (χ1n) is 6.11. The number of hydrogen-bond donors (Lipinski definition) is 1. The summed E-state index contributed by atoms with van der Waals surface area (Å²) in [6.45, 7) is 11.0. The molecule has 3 heteroatoms. The second-order valence-electron chi connectivity index (χ2n) is 6.55. The molecule has 0 aromatic heterocycles. The van der Waals surface area contributed by atoms with Crippen molar-refractivity contribution in [3.05, 3.63) is 28.8 Å². The summed E-state index contributed by atoms with van der Waals surface area (Å²) >= 11 is 6.17. The van der Waals surface area contributed by atoms with E-state index in [2.05, 4.69) is 46.0 Å². The summed E-state index contributed by atoms with van der Waals surface area (Å²) in [5.74, 6) is 0. The van der Waals surface area contributed by atoms with Gasteiger partial charge in [-0.05, 0) is 43.9 Å². The highest BCUT2D eigenvalue weighted by Crippen LogP contribution is 2.32. The molecule has 0 fully saturated rings. The minimum atomic E-state index is -0.0456. The molecule has 18 heavy (non-hydrogen) atoms. The SMILES string of the molecule is CC(C)(C)CC(C)(C)Nc1ccc(C#N)cc1Cl. The first kappa shape index (κ1) is 14.9. The molecule has 1 N–H and O–H groups in total. The van der Waals surface area contributed by atoms with E-state index in [4.69, 9.17) is 16.9 Å². The van der Waals surface area contributed by atoms with Gasteiger partial charge in [0, 0.05) is 5.54 Å². The molecule has 1 aromatic carbocycles. The van der Waals surface area contributed by atoms with Gasteiger partial charge < -0.3 is 5.32 Å². The summed E-state index contributed by atoms with van der Waals surface area (Å²) in [5.41, 5.74) is 1.66. The second-order valence-corrected chi connectivity index (χ2v) is 6.96. The molecule has 0 aliphatic heterocycles. The van der Waals surface area contributed by atoms with Gasteiger partial charge in [-0.1, -0.05) is 32.4 Å². The Balaban J connectivity index is 2.88. The van der Waals surface area contributed by atoms with E-state index in [0.717, 1.165) is 12.1 Å². The van der Waals surface area contributed by atoms with Crippen molar-refractivity contribution in [3.8, 4) is 6.07 Å². The number of rotatable bonds is 3. The summed E-state index contributed by atoms with van der Waals surface area (Å²) in [6.07, 6.45) is 1.02. The fourth-order valence-corrected chi connectivity index (χ4v) is 2.65. The zero-order chi connectivity index (χ0) is 14.0. The van der Waals surface area contributed by atoms with Crippen molar-refractivity contribution in [2.75, 3.05) is 5.32 Å². The van der Waals surface area contributed by atoms with Gasteiger partial charge in [0.2, 0.25) is 0 Å². The van der Waals surface area contributed by atoms with Gasteiger partial charge in [-0.3, -0.25) is 0 Å². The van der Waals surface area contributed by atoms with E-state index in [0.29, 0.717) is 10.6 Å². The molecule has 0 radical (unpaired) electrons. The van der Waals surface area contributed by atoms with Crippen molar-refractivity contribution >= 4 is 17.3 Å². The van der Waals surface area contributed by atoms with Crippen molar-refractivity contribution in [3.63, 3.8) is 0 Å². The first-order valence-corrected chi connectivity index (χ1v) is 6.49. The highest BCUT2D eigenvalue weighted by molar-refractivity contribution is 6.33. The van der Waals surface area contributed by atoms with Crippen LogP contribution in [-0.2, 0) is 0 Å². The molecule has 0 heterocycles. The highest BCUT2D eigenvalue weighted by atomic mass is 35.5. The van der Waals surface area contributed by atoms with Gasteiger partial charge in [-0.2, -0.15) is 5.26 Å². The van der Waals surface area contributed by atoms with Crippen LogP contribution in [-0.4, -0.2) is 5.54 Å². The molecule has 0 spiro atoms. The van der Waals surface area contributed by atoms with E-state index in [1.54, 1.807) is 12.1 Å². The van der Waals surface area contributed by atoms with E-state index >= 15 is 0 Å². The van der Waals surface area contributed by atoms with Crippen LogP contribution in [0.4, 0.5) is 5.69 Å². The first-order chi connectivity index (χ1) is 8.13. The van der Waals surface area contributed by atoms with Crippen molar-refractivity contribution in [1.29, 1.82) is 5.26 Å². The number of nitrogens with zero attached hydrogens (tertiary/aromatic N) is 1. The van der Waals surface area contributed by atoms with Gasteiger partial charge in [-0.25, -0.2) is 0 Å². The number of halogens is 1. The van der Waals surface area contributed by atoms with E-state index in [1.165, 1.54) is 0 Å². The Bertz CT molecular complexity index is 464. The average molecular weight is 265 g/mol. The number of hydrogen-bond acceptors (Lipinski definition) is 2. The predicted molar refractivity (Wildman–Crippen MR) is 77.9 cm³/mol. The van der Waals surface area contributed by atoms with Gasteiger partial charge in [0.05, 0.1) is 22.3 Å². The maximum absolute atomic E-state index is 8.81. The topological polar surface area (TPSA) is 35.8 Å². The van der Waals surface area contributed by atoms with Gasteiger partial charge in [0.25, 0.3) is 0 Å². The molecule has 0 saturated carbocycles. The quantitative estimate of drug-likeness (QED) is 0.848. The minimum Gasteiger partial charge on any atom is -0.379 e. The van der Waals surface area contributed by atoms with Crippen LogP contribution < -0.4 is 5.32 Å². The monoisotopic (exact) mass is 264 g/mol. The highest BCUT2D eigenvalue weighted by Gasteiger charge is 2.25. The molecular formula is C15H21ClN2. The van der Waals surface area contributed by atoms with Crippen molar-refractivity contribution in [2.24, 2.45) is 5.41 Å². The fourth-order valence-electron chi connectivity index (χ4n) is 2.42.